The van der Waals surface area contributed by atoms with Crippen molar-refractivity contribution in [1.82, 2.24) is 14.7 Å². The Morgan fingerprint density at radius 1 is 1.21 bits per heavy atom. The van der Waals surface area contributed by atoms with Crippen LogP contribution in [0.5, 0.6) is 0 Å². The van der Waals surface area contributed by atoms with Crippen LogP contribution >= 0.6 is 0 Å². The summed E-state index contributed by atoms with van der Waals surface area (Å²) in [6, 6.07) is 9.16. The summed E-state index contributed by atoms with van der Waals surface area (Å²) in [5, 5.41) is 3.86. The first-order chi connectivity index (χ1) is 11.3. The van der Waals surface area contributed by atoms with Gasteiger partial charge in [0.25, 0.3) is 5.91 Å². The Bertz CT molecular complexity index is 858. The molecule has 0 saturated carbocycles. The molecule has 2 heterocycles. The molecule has 1 saturated heterocycles. The third kappa shape index (κ3) is 2.84. The summed E-state index contributed by atoms with van der Waals surface area (Å²) in [6.45, 7) is 3.68. The van der Waals surface area contributed by atoms with Crippen molar-refractivity contribution in [3.05, 3.63) is 42.1 Å². The third-order valence-corrected chi connectivity index (χ3v) is 7.00. The number of aromatic nitrogens is 2. The summed E-state index contributed by atoms with van der Waals surface area (Å²) in [5.74, 6) is -0.165. The number of aryl methyl sites for hydroxylation is 1. The van der Waals surface area contributed by atoms with Crippen LogP contribution in [0.3, 0.4) is 0 Å². The van der Waals surface area contributed by atoms with Gasteiger partial charge in [-0.25, -0.2) is 8.42 Å². The molecule has 0 spiro atoms. The molecule has 6 nitrogen and oxygen atoms in total. The molecule has 1 amide bonds. The number of benzene rings is 1. The van der Waals surface area contributed by atoms with Gasteiger partial charge in [-0.1, -0.05) is 30.3 Å². The van der Waals surface area contributed by atoms with Crippen LogP contribution in [0, 0.1) is 0 Å². The molecule has 1 aromatic heterocycles. The first-order valence-corrected chi connectivity index (χ1v) is 9.64. The van der Waals surface area contributed by atoms with Gasteiger partial charge < -0.3 is 4.90 Å². The van der Waals surface area contributed by atoms with Gasteiger partial charge in [0.05, 0.1) is 16.6 Å². The maximum absolute atomic E-state index is 13.1. The molecule has 0 aliphatic carbocycles. The number of amides is 1. The molecule has 24 heavy (non-hydrogen) atoms. The summed E-state index contributed by atoms with van der Waals surface area (Å²) >= 11 is 0. The zero-order valence-electron chi connectivity index (χ0n) is 14.0. The molecule has 2 atom stereocenters. The molecule has 1 fully saturated rings. The van der Waals surface area contributed by atoms with E-state index in [0.29, 0.717) is 11.3 Å². The standard InChI is InChI=1S/C17H21N3O3S/c1-12-13(2)24(22,23)10-9-20(12)17(21)15-11-19(3)18-16(15)14-7-5-4-6-8-14/h4-8,11-13H,9-10H2,1-3H3. The van der Waals surface area contributed by atoms with Crippen LogP contribution in [0.4, 0.5) is 0 Å². The van der Waals surface area contributed by atoms with Gasteiger partial charge in [-0.2, -0.15) is 5.10 Å². The highest BCUT2D eigenvalue weighted by Gasteiger charge is 2.39. The molecule has 0 N–H and O–H groups in total. The zero-order chi connectivity index (χ0) is 17.5. The molecule has 1 aromatic carbocycles. The molecular weight excluding hydrogens is 326 g/mol. The average Bonchev–Trinajstić information content (AvgIpc) is 2.95. The van der Waals surface area contributed by atoms with Crippen LogP contribution in [-0.4, -0.2) is 52.6 Å². The summed E-state index contributed by atoms with van der Waals surface area (Å²) in [5.41, 5.74) is 1.99. The Labute approximate surface area is 142 Å². The fourth-order valence-electron chi connectivity index (χ4n) is 3.06. The minimum Gasteiger partial charge on any atom is -0.334 e. The lowest BCUT2D eigenvalue weighted by molar-refractivity contribution is 0.0694. The van der Waals surface area contributed by atoms with Crippen LogP contribution in [0.2, 0.25) is 0 Å². The average molecular weight is 347 g/mol. The number of nitrogens with zero attached hydrogens (tertiary/aromatic N) is 3. The lowest BCUT2D eigenvalue weighted by atomic mass is 10.1. The van der Waals surface area contributed by atoms with Crippen molar-refractivity contribution in [3.8, 4) is 11.3 Å². The molecule has 7 heteroatoms. The van der Waals surface area contributed by atoms with Crippen molar-refractivity contribution in [3.63, 3.8) is 0 Å². The maximum Gasteiger partial charge on any atom is 0.258 e. The monoisotopic (exact) mass is 347 g/mol. The van der Waals surface area contributed by atoms with E-state index in [1.54, 1.807) is 36.7 Å². The summed E-state index contributed by atoms with van der Waals surface area (Å²) < 4.78 is 25.7. The van der Waals surface area contributed by atoms with E-state index in [4.69, 9.17) is 0 Å². The van der Waals surface area contributed by atoms with Gasteiger partial charge in [-0.15, -0.1) is 0 Å². The van der Waals surface area contributed by atoms with Gasteiger partial charge in [-0.3, -0.25) is 9.48 Å². The Balaban J connectivity index is 1.97. The summed E-state index contributed by atoms with van der Waals surface area (Å²) in [6.07, 6.45) is 1.70. The van der Waals surface area contributed by atoms with E-state index in [1.807, 2.05) is 30.3 Å². The van der Waals surface area contributed by atoms with Crippen molar-refractivity contribution in [2.75, 3.05) is 12.3 Å². The number of hydrogen-bond acceptors (Lipinski definition) is 4. The van der Waals surface area contributed by atoms with Crippen molar-refractivity contribution >= 4 is 15.7 Å². The smallest absolute Gasteiger partial charge is 0.258 e. The van der Waals surface area contributed by atoms with E-state index in [2.05, 4.69) is 5.10 Å². The number of carbonyl (C=O) groups is 1. The van der Waals surface area contributed by atoms with Crippen LogP contribution in [0.25, 0.3) is 11.3 Å². The molecule has 2 aromatic rings. The van der Waals surface area contributed by atoms with Crippen molar-refractivity contribution in [1.29, 1.82) is 0 Å². The summed E-state index contributed by atoms with van der Waals surface area (Å²) in [4.78, 5) is 14.7. The topological polar surface area (TPSA) is 72.3 Å². The number of sulfone groups is 1. The molecule has 1 aliphatic rings. The van der Waals surface area contributed by atoms with E-state index in [1.165, 1.54) is 0 Å². The number of rotatable bonds is 2. The molecule has 128 valence electrons. The number of carbonyl (C=O) groups excluding carboxylic acids is 1. The second kappa shape index (κ2) is 6.05. The molecule has 0 bridgehead atoms. The second-order valence-corrected chi connectivity index (χ2v) is 8.72. The van der Waals surface area contributed by atoms with Crippen LogP contribution < -0.4 is 0 Å². The highest BCUT2D eigenvalue weighted by molar-refractivity contribution is 7.92. The minimum absolute atomic E-state index is 0.00514. The largest absolute Gasteiger partial charge is 0.334 e. The highest BCUT2D eigenvalue weighted by Crippen LogP contribution is 2.26. The van der Waals surface area contributed by atoms with E-state index in [-0.39, 0.29) is 24.2 Å². The molecule has 2 unspecified atom stereocenters. The lowest BCUT2D eigenvalue weighted by Gasteiger charge is -2.37. The Hall–Kier alpha value is -2.15. The molecule has 0 radical (unpaired) electrons. The van der Waals surface area contributed by atoms with Crippen LogP contribution in [-0.2, 0) is 16.9 Å². The van der Waals surface area contributed by atoms with Gasteiger partial charge in [-0.05, 0) is 13.8 Å². The zero-order valence-corrected chi connectivity index (χ0v) is 14.8. The normalized spacial score (nSPS) is 23.2. The first kappa shape index (κ1) is 16.7. The fourth-order valence-corrected chi connectivity index (χ4v) is 4.63. The predicted octanol–water partition coefficient (Wildman–Crippen LogP) is 1.73. The van der Waals surface area contributed by atoms with Crippen molar-refractivity contribution in [2.24, 2.45) is 7.05 Å². The van der Waals surface area contributed by atoms with Crippen LogP contribution in [0.1, 0.15) is 24.2 Å². The van der Waals surface area contributed by atoms with E-state index >= 15 is 0 Å². The van der Waals surface area contributed by atoms with Gasteiger partial charge in [0.15, 0.2) is 9.84 Å². The predicted molar refractivity (Wildman–Crippen MR) is 92.4 cm³/mol. The Morgan fingerprint density at radius 3 is 2.54 bits per heavy atom. The minimum atomic E-state index is -3.13. The summed E-state index contributed by atoms with van der Waals surface area (Å²) in [7, 11) is -1.36. The van der Waals surface area contributed by atoms with Crippen molar-refractivity contribution in [2.45, 2.75) is 25.1 Å². The maximum atomic E-state index is 13.1. The quantitative estimate of drug-likeness (QED) is 0.829. The fraction of sp³-hybridized carbons (Fsp3) is 0.412. The van der Waals surface area contributed by atoms with Gasteiger partial charge >= 0.3 is 0 Å². The molecule has 3 rings (SSSR count). The van der Waals surface area contributed by atoms with Crippen LogP contribution in [0.15, 0.2) is 36.5 Å². The Morgan fingerprint density at radius 2 is 1.88 bits per heavy atom. The second-order valence-electron chi connectivity index (χ2n) is 6.24. The van der Waals surface area contributed by atoms with E-state index < -0.39 is 15.1 Å². The first-order valence-electron chi connectivity index (χ1n) is 7.93. The molecule has 1 aliphatic heterocycles. The third-order valence-electron chi connectivity index (χ3n) is 4.72. The highest BCUT2D eigenvalue weighted by atomic mass is 32.2. The number of hydrogen-bond donors (Lipinski definition) is 0. The van der Waals surface area contributed by atoms with E-state index in [0.717, 1.165) is 5.56 Å². The Kier molecular flexibility index (Phi) is 4.21. The van der Waals surface area contributed by atoms with Gasteiger partial charge in [0.1, 0.15) is 5.69 Å². The van der Waals surface area contributed by atoms with Gasteiger partial charge in [0, 0.05) is 31.4 Å². The SMILES string of the molecule is CC1C(C)S(=O)(=O)CCN1C(=O)c1cn(C)nc1-c1ccccc1. The van der Waals surface area contributed by atoms with E-state index in [9.17, 15) is 13.2 Å². The van der Waals surface area contributed by atoms with Crippen molar-refractivity contribution < 1.29 is 13.2 Å². The molecular formula is C17H21N3O3S. The lowest BCUT2D eigenvalue weighted by Crippen LogP contribution is -2.54. The van der Waals surface area contributed by atoms with Gasteiger partial charge in [0.2, 0.25) is 0 Å².